The predicted molar refractivity (Wildman–Crippen MR) is 121 cm³/mol. The van der Waals surface area contributed by atoms with Crippen LogP contribution in [0.1, 0.15) is 49.7 Å². The summed E-state index contributed by atoms with van der Waals surface area (Å²) in [5.74, 6) is -0.672. The monoisotopic (exact) mass is 461 g/mol. The quantitative estimate of drug-likeness (QED) is 0.442. The summed E-state index contributed by atoms with van der Waals surface area (Å²) in [6.45, 7) is -0.383. The molecule has 0 bridgehead atoms. The molecule has 178 valence electrons. The van der Waals surface area contributed by atoms with E-state index < -0.39 is 24.0 Å². The number of rotatable bonds is 11. The minimum atomic E-state index is -4.49. The smallest absolute Gasteiger partial charge is 0.356 e. The Morgan fingerprint density at radius 3 is 2.03 bits per heavy atom. The first-order valence-electron chi connectivity index (χ1n) is 11.3. The minimum absolute atomic E-state index is 0.0397. The second-order valence-electron chi connectivity index (χ2n) is 8.35. The highest BCUT2D eigenvalue weighted by atomic mass is 19.4. The molecule has 1 aliphatic rings. The molecular formula is C25H30F3N3O2. The van der Waals surface area contributed by atoms with E-state index in [4.69, 9.17) is 5.73 Å². The van der Waals surface area contributed by atoms with Crippen LogP contribution in [0.15, 0.2) is 48.5 Å². The van der Waals surface area contributed by atoms with Crippen LogP contribution >= 0.6 is 0 Å². The van der Waals surface area contributed by atoms with Crippen molar-refractivity contribution in [3.8, 4) is 11.1 Å². The number of benzene rings is 2. The van der Waals surface area contributed by atoms with Gasteiger partial charge in [0.05, 0.1) is 0 Å². The number of nitrogens with two attached hydrogens (primary N) is 1. The number of hydrogen-bond acceptors (Lipinski definition) is 3. The number of fused-ring (bicyclic) bond motifs is 3. The summed E-state index contributed by atoms with van der Waals surface area (Å²) >= 11 is 0. The molecule has 2 aromatic rings. The maximum absolute atomic E-state index is 13.4. The Kier molecular flexibility index (Phi) is 8.13. The number of unbranched alkanes of at least 4 members (excludes halogenated alkanes) is 2. The standard InChI is InChI=1S/C25H30F3N3O2/c26-25(27,28)17-31-23(33)24(14-6-1-7-16-30-22(32)13-8-15-29)20-11-4-2-9-18(20)19-10-3-5-12-21(19)24/h2-5,9-12H,1,6-8,13-17,29H2,(H,30,32)(H,31,33). The van der Waals surface area contributed by atoms with Crippen molar-refractivity contribution in [2.24, 2.45) is 5.73 Å². The van der Waals surface area contributed by atoms with E-state index in [1.165, 1.54) is 0 Å². The summed E-state index contributed by atoms with van der Waals surface area (Å²) in [6, 6.07) is 14.8. The van der Waals surface area contributed by atoms with Crippen LogP contribution in [0.25, 0.3) is 11.1 Å². The molecule has 0 heterocycles. The van der Waals surface area contributed by atoms with Gasteiger partial charge in [-0.3, -0.25) is 9.59 Å². The number of alkyl halides is 3. The summed E-state index contributed by atoms with van der Waals surface area (Å²) in [4.78, 5) is 25.1. The van der Waals surface area contributed by atoms with E-state index in [9.17, 15) is 22.8 Å². The Balaban J connectivity index is 1.76. The molecule has 33 heavy (non-hydrogen) atoms. The van der Waals surface area contributed by atoms with Crippen molar-refractivity contribution >= 4 is 11.8 Å². The fraction of sp³-hybridized carbons (Fsp3) is 0.440. The first-order valence-corrected chi connectivity index (χ1v) is 11.3. The third-order valence-electron chi connectivity index (χ3n) is 6.06. The van der Waals surface area contributed by atoms with Crippen molar-refractivity contribution in [1.29, 1.82) is 0 Å². The third-order valence-corrected chi connectivity index (χ3v) is 6.06. The lowest BCUT2D eigenvalue weighted by atomic mass is 9.73. The van der Waals surface area contributed by atoms with Gasteiger partial charge in [-0.15, -0.1) is 0 Å². The molecule has 0 radical (unpaired) electrons. The van der Waals surface area contributed by atoms with Gasteiger partial charge in [0.1, 0.15) is 12.0 Å². The van der Waals surface area contributed by atoms with E-state index in [1.54, 1.807) is 0 Å². The van der Waals surface area contributed by atoms with Gasteiger partial charge in [0, 0.05) is 13.0 Å². The minimum Gasteiger partial charge on any atom is -0.356 e. The zero-order valence-electron chi connectivity index (χ0n) is 18.5. The molecule has 0 aliphatic heterocycles. The summed E-state index contributed by atoms with van der Waals surface area (Å²) in [6.07, 6.45) is -0.996. The molecule has 0 unspecified atom stereocenters. The van der Waals surface area contributed by atoms with Gasteiger partial charge in [-0.1, -0.05) is 61.4 Å². The molecule has 1 aliphatic carbocycles. The Bertz CT molecular complexity index is 930. The third kappa shape index (κ3) is 5.74. The van der Waals surface area contributed by atoms with Gasteiger partial charge in [0.15, 0.2) is 0 Å². The first-order chi connectivity index (χ1) is 15.8. The highest BCUT2D eigenvalue weighted by Gasteiger charge is 2.49. The van der Waals surface area contributed by atoms with Crippen LogP contribution in [0.5, 0.6) is 0 Å². The summed E-state index contributed by atoms with van der Waals surface area (Å²) in [7, 11) is 0. The maximum Gasteiger partial charge on any atom is 0.405 e. The van der Waals surface area contributed by atoms with Crippen molar-refractivity contribution in [1.82, 2.24) is 10.6 Å². The van der Waals surface area contributed by atoms with Gasteiger partial charge < -0.3 is 16.4 Å². The number of nitrogens with one attached hydrogen (secondary N) is 2. The zero-order chi connectivity index (χ0) is 23.9. The average Bonchev–Trinajstić information content (AvgIpc) is 3.09. The summed E-state index contributed by atoms with van der Waals surface area (Å²) in [5, 5.41) is 4.99. The molecule has 2 amide bonds. The second kappa shape index (κ2) is 10.8. The van der Waals surface area contributed by atoms with E-state index >= 15 is 0 Å². The molecular weight excluding hydrogens is 431 g/mol. The molecule has 5 nitrogen and oxygen atoms in total. The van der Waals surface area contributed by atoms with Crippen LogP contribution in [0.2, 0.25) is 0 Å². The van der Waals surface area contributed by atoms with Gasteiger partial charge in [0.2, 0.25) is 11.8 Å². The number of hydrogen-bond donors (Lipinski definition) is 3. The SMILES string of the molecule is NCCCC(=O)NCCCCCC1(C(=O)NCC(F)(F)F)c2ccccc2-c2ccccc21. The fourth-order valence-electron chi connectivity index (χ4n) is 4.56. The average molecular weight is 462 g/mol. The zero-order valence-corrected chi connectivity index (χ0v) is 18.5. The highest BCUT2D eigenvalue weighted by molar-refractivity contribution is 6.00. The summed E-state index contributed by atoms with van der Waals surface area (Å²) in [5.41, 5.74) is 7.46. The molecule has 0 saturated heterocycles. The molecule has 0 atom stereocenters. The lowest BCUT2D eigenvalue weighted by Gasteiger charge is -2.31. The number of amides is 2. The first kappa shape index (κ1) is 24.8. The van der Waals surface area contributed by atoms with Crippen molar-refractivity contribution in [2.75, 3.05) is 19.6 Å². The predicted octanol–water partition coefficient (Wildman–Crippen LogP) is 4.05. The van der Waals surface area contributed by atoms with Gasteiger partial charge in [-0.25, -0.2) is 0 Å². The Morgan fingerprint density at radius 2 is 1.45 bits per heavy atom. The van der Waals surface area contributed by atoms with E-state index in [-0.39, 0.29) is 5.91 Å². The van der Waals surface area contributed by atoms with E-state index in [0.29, 0.717) is 38.8 Å². The molecule has 8 heteroatoms. The lowest BCUT2D eigenvalue weighted by molar-refractivity contribution is -0.141. The topological polar surface area (TPSA) is 84.2 Å². The molecule has 2 aromatic carbocycles. The second-order valence-corrected chi connectivity index (χ2v) is 8.35. The fourth-order valence-corrected chi connectivity index (χ4v) is 4.56. The molecule has 3 rings (SSSR count). The van der Waals surface area contributed by atoms with Gasteiger partial charge in [-0.2, -0.15) is 13.2 Å². The molecule has 4 N–H and O–H groups in total. The van der Waals surface area contributed by atoms with Gasteiger partial charge in [0.25, 0.3) is 0 Å². The van der Waals surface area contributed by atoms with Crippen LogP contribution in [0, 0.1) is 0 Å². The Labute approximate surface area is 191 Å². The van der Waals surface area contributed by atoms with Crippen molar-refractivity contribution in [3.05, 3.63) is 59.7 Å². The number of carbonyl (C=O) groups is 2. The maximum atomic E-state index is 13.4. The van der Waals surface area contributed by atoms with Crippen molar-refractivity contribution in [2.45, 2.75) is 50.1 Å². The normalized spacial score (nSPS) is 13.8. The van der Waals surface area contributed by atoms with Gasteiger partial charge >= 0.3 is 6.18 Å². The van der Waals surface area contributed by atoms with Crippen molar-refractivity contribution in [3.63, 3.8) is 0 Å². The Hall–Kier alpha value is -2.87. The van der Waals surface area contributed by atoms with Crippen LogP contribution < -0.4 is 16.4 Å². The van der Waals surface area contributed by atoms with Crippen LogP contribution in [0.4, 0.5) is 13.2 Å². The number of halogens is 3. The lowest BCUT2D eigenvalue weighted by Crippen LogP contribution is -2.47. The van der Waals surface area contributed by atoms with Gasteiger partial charge in [-0.05, 0) is 48.1 Å². The van der Waals surface area contributed by atoms with Crippen LogP contribution in [0.3, 0.4) is 0 Å². The van der Waals surface area contributed by atoms with Crippen molar-refractivity contribution < 1.29 is 22.8 Å². The van der Waals surface area contributed by atoms with E-state index in [2.05, 4.69) is 10.6 Å². The Morgan fingerprint density at radius 1 is 0.848 bits per heavy atom. The summed E-state index contributed by atoms with van der Waals surface area (Å²) < 4.78 is 38.7. The largest absolute Gasteiger partial charge is 0.405 e. The highest BCUT2D eigenvalue weighted by Crippen LogP contribution is 2.51. The number of carbonyl (C=O) groups excluding carboxylic acids is 2. The molecule has 0 fully saturated rings. The van der Waals surface area contributed by atoms with Crippen LogP contribution in [-0.2, 0) is 15.0 Å². The molecule has 0 saturated carbocycles. The van der Waals surface area contributed by atoms with E-state index in [1.807, 2.05) is 48.5 Å². The van der Waals surface area contributed by atoms with E-state index in [0.717, 1.165) is 35.1 Å². The molecule has 0 aromatic heterocycles. The molecule has 0 spiro atoms. The van der Waals surface area contributed by atoms with Crippen LogP contribution in [-0.4, -0.2) is 37.6 Å².